The molecular weight excluding hydrogens is 220 g/mol. The van der Waals surface area contributed by atoms with E-state index < -0.39 is 0 Å². The van der Waals surface area contributed by atoms with Crippen molar-refractivity contribution < 1.29 is 0 Å². The minimum atomic E-state index is 0.407. The molecule has 2 rings (SSSR count). The largest absolute Gasteiger partial charge is 0.347 e. The monoisotopic (exact) mass is 244 g/mol. The van der Waals surface area contributed by atoms with Gasteiger partial charge in [-0.15, -0.1) is 0 Å². The molecule has 98 valence electrons. The van der Waals surface area contributed by atoms with E-state index in [1.54, 1.807) is 0 Å². The van der Waals surface area contributed by atoms with Crippen molar-refractivity contribution >= 4 is 10.9 Å². The summed E-state index contributed by atoms with van der Waals surface area (Å²) in [6.45, 7) is 9.59. The Morgan fingerprint density at radius 1 is 1.22 bits per heavy atom. The maximum atomic E-state index is 5.83. The number of aromatic nitrogens is 1. The Bertz CT molecular complexity index is 564. The highest BCUT2D eigenvalue weighted by Crippen LogP contribution is 2.31. The Morgan fingerprint density at radius 2 is 1.89 bits per heavy atom. The van der Waals surface area contributed by atoms with Gasteiger partial charge in [-0.25, -0.2) is 0 Å². The van der Waals surface area contributed by atoms with E-state index in [0.717, 1.165) is 0 Å². The summed E-state index contributed by atoms with van der Waals surface area (Å²) in [4.78, 5) is 0. The molecular formula is C16H24N2. The molecule has 18 heavy (non-hydrogen) atoms. The molecule has 0 amide bonds. The van der Waals surface area contributed by atoms with Crippen molar-refractivity contribution in [3.05, 3.63) is 35.0 Å². The van der Waals surface area contributed by atoms with Gasteiger partial charge in [-0.3, -0.25) is 0 Å². The molecule has 0 bridgehead atoms. The summed E-state index contributed by atoms with van der Waals surface area (Å²) in [5.74, 6) is 0.981. The molecule has 2 aromatic rings. The highest BCUT2D eigenvalue weighted by atomic mass is 15.0. The van der Waals surface area contributed by atoms with E-state index in [2.05, 4.69) is 57.5 Å². The van der Waals surface area contributed by atoms with Gasteiger partial charge in [0, 0.05) is 36.1 Å². The molecule has 0 fully saturated rings. The molecule has 1 heterocycles. The SMILES string of the molecule is Cc1c(C(C)CN)n(C)c2ccc(C(C)C)cc12. The summed E-state index contributed by atoms with van der Waals surface area (Å²) in [6.07, 6.45) is 0. The fraction of sp³-hybridized carbons (Fsp3) is 0.500. The second-order valence-corrected chi connectivity index (χ2v) is 5.64. The van der Waals surface area contributed by atoms with Crippen LogP contribution in [0.2, 0.25) is 0 Å². The van der Waals surface area contributed by atoms with Crippen LogP contribution in [0.4, 0.5) is 0 Å². The average molecular weight is 244 g/mol. The van der Waals surface area contributed by atoms with E-state index in [1.165, 1.54) is 27.7 Å². The topological polar surface area (TPSA) is 30.9 Å². The second-order valence-electron chi connectivity index (χ2n) is 5.64. The first-order valence-corrected chi connectivity index (χ1v) is 6.76. The van der Waals surface area contributed by atoms with Crippen molar-refractivity contribution in [1.82, 2.24) is 4.57 Å². The zero-order chi connectivity index (χ0) is 13.4. The molecule has 1 aromatic carbocycles. The molecule has 2 heteroatoms. The summed E-state index contributed by atoms with van der Waals surface area (Å²) in [7, 11) is 2.14. The molecule has 1 aromatic heterocycles. The smallest absolute Gasteiger partial charge is 0.0482 e. The molecule has 0 spiro atoms. The summed E-state index contributed by atoms with van der Waals surface area (Å²) in [5, 5.41) is 1.37. The zero-order valence-corrected chi connectivity index (χ0v) is 12.1. The normalized spacial score (nSPS) is 13.5. The highest BCUT2D eigenvalue weighted by molar-refractivity contribution is 5.86. The van der Waals surface area contributed by atoms with Crippen LogP contribution < -0.4 is 5.73 Å². The molecule has 0 aliphatic heterocycles. The van der Waals surface area contributed by atoms with Crippen LogP contribution in [0.25, 0.3) is 10.9 Å². The van der Waals surface area contributed by atoms with Crippen molar-refractivity contribution in [2.45, 2.75) is 39.5 Å². The maximum absolute atomic E-state index is 5.83. The van der Waals surface area contributed by atoms with E-state index in [1.807, 2.05) is 0 Å². The Balaban J connectivity index is 2.70. The van der Waals surface area contributed by atoms with Gasteiger partial charge in [-0.1, -0.05) is 26.8 Å². The standard InChI is InChI=1S/C16H24N2/c1-10(2)13-6-7-15-14(8-13)12(4)16(18(15)5)11(3)9-17/h6-8,10-11H,9,17H2,1-5H3. The molecule has 0 aliphatic carbocycles. The summed E-state index contributed by atoms with van der Waals surface area (Å²) in [6, 6.07) is 6.82. The van der Waals surface area contributed by atoms with Gasteiger partial charge in [-0.05, 0) is 36.1 Å². The quantitative estimate of drug-likeness (QED) is 0.877. The molecule has 1 atom stereocenters. The number of hydrogen-bond donors (Lipinski definition) is 1. The van der Waals surface area contributed by atoms with Gasteiger partial charge in [0.1, 0.15) is 0 Å². The third-order valence-corrected chi connectivity index (χ3v) is 4.02. The lowest BCUT2D eigenvalue weighted by Gasteiger charge is -2.12. The van der Waals surface area contributed by atoms with Crippen molar-refractivity contribution in [2.24, 2.45) is 12.8 Å². The minimum Gasteiger partial charge on any atom is -0.347 e. The van der Waals surface area contributed by atoms with Crippen LogP contribution in [-0.2, 0) is 7.05 Å². The van der Waals surface area contributed by atoms with Crippen molar-refractivity contribution in [3.8, 4) is 0 Å². The molecule has 2 N–H and O–H groups in total. The first kappa shape index (κ1) is 13.2. The summed E-state index contributed by atoms with van der Waals surface area (Å²) < 4.78 is 2.30. The minimum absolute atomic E-state index is 0.407. The van der Waals surface area contributed by atoms with Gasteiger partial charge in [-0.2, -0.15) is 0 Å². The first-order valence-electron chi connectivity index (χ1n) is 6.76. The van der Waals surface area contributed by atoms with Gasteiger partial charge in [0.15, 0.2) is 0 Å². The van der Waals surface area contributed by atoms with Crippen LogP contribution in [-0.4, -0.2) is 11.1 Å². The fourth-order valence-electron chi connectivity index (χ4n) is 2.84. The van der Waals surface area contributed by atoms with E-state index in [4.69, 9.17) is 5.73 Å². The van der Waals surface area contributed by atoms with Gasteiger partial charge >= 0.3 is 0 Å². The lowest BCUT2D eigenvalue weighted by atomic mass is 9.99. The lowest BCUT2D eigenvalue weighted by Crippen LogP contribution is -2.13. The summed E-state index contributed by atoms with van der Waals surface area (Å²) >= 11 is 0. The van der Waals surface area contributed by atoms with Crippen molar-refractivity contribution in [3.63, 3.8) is 0 Å². The van der Waals surface area contributed by atoms with Crippen LogP contribution in [0.3, 0.4) is 0 Å². The third kappa shape index (κ3) is 1.95. The van der Waals surface area contributed by atoms with Gasteiger partial charge < -0.3 is 10.3 Å². The number of aryl methyl sites for hydroxylation is 2. The Morgan fingerprint density at radius 3 is 2.44 bits per heavy atom. The predicted octanol–water partition coefficient (Wildman–Crippen LogP) is 3.67. The van der Waals surface area contributed by atoms with Gasteiger partial charge in [0.05, 0.1) is 0 Å². The van der Waals surface area contributed by atoms with E-state index in [0.29, 0.717) is 18.4 Å². The van der Waals surface area contributed by atoms with Crippen molar-refractivity contribution in [1.29, 1.82) is 0 Å². The van der Waals surface area contributed by atoms with Crippen LogP contribution in [0, 0.1) is 6.92 Å². The summed E-state index contributed by atoms with van der Waals surface area (Å²) in [5.41, 5.74) is 11.3. The molecule has 1 unspecified atom stereocenters. The molecule has 0 aliphatic rings. The Hall–Kier alpha value is -1.28. The number of nitrogens with zero attached hydrogens (tertiary/aromatic N) is 1. The third-order valence-electron chi connectivity index (χ3n) is 4.02. The van der Waals surface area contributed by atoms with Crippen LogP contribution in [0.1, 0.15) is 49.4 Å². The second kappa shape index (κ2) is 4.77. The van der Waals surface area contributed by atoms with Gasteiger partial charge in [0.25, 0.3) is 0 Å². The Kier molecular flexibility index (Phi) is 3.49. The van der Waals surface area contributed by atoms with Crippen LogP contribution in [0.15, 0.2) is 18.2 Å². The number of rotatable bonds is 3. The van der Waals surface area contributed by atoms with E-state index in [9.17, 15) is 0 Å². The Labute approximate surface area is 110 Å². The van der Waals surface area contributed by atoms with E-state index >= 15 is 0 Å². The molecule has 0 radical (unpaired) electrons. The average Bonchev–Trinajstić information content (AvgIpc) is 2.61. The molecule has 0 saturated heterocycles. The fourth-order valence-corrected chi connectivity index (χ4v) is 2.84. The van der Waals surface area contributed by atoms with Crippen molar-refractivity contribution in [2.75, 3.05) is 6.54 Å². The number of benzene rings is 1. The molecule has 0 saturated carbocycles. The number of hydrogen-bond acceptors (Lipinski definition) is 1. The van der Waals surface area contributed by atoms with Gasteiger partial charge in [0.2, 0.25) is 0 Å². The lowest BCUT2D eigenvalue weighted by molar-refractivity contribution is 0.697. The maximum Gasteiger partial charge on any atom is 0.0482 e. The predicted molar refractivity (Wildman–Crippen MR) is 79.2 cm³/mol. The number of nitrogens with two attached hydrogens (primary N) is 1. The molecule has 2 nitrogen and oxygen atoms in total. The number of fused-ring (bicyclic) bond motifs is 1. The highest BCUT2D eigenvalue weighted by Gasteiger charge is 2.16. The van der Waals surface area contributed by atoms with Crippen LogP contribution >= 0.6 is 0 Å². The zero-order valence-electron chi connectivity index (χ0n) is 12.1. The van der Waals surface area contributed by atoms with Crippen LogP contribution in [0.5, 0.6) is 0 Å². The first-order chi connectivity index (χ1) is 8.47. The van der Waals surface area contributed by atoms with E-state index in [-0.39, 0.29) is 0 Å².